The molecule has 0 aliphatic heterocycles. The molecule has 0 aliphatic rings. The second-order valence-electron chi connectivity index (χ2n) is 11.1. The Morgan fingerprint density at radius 2 is 1.46 bits per heavy atom. The van der Waals surface area contributed by atoms with Crippen molar-refractivity contribution in [2.45, 2.75) is 50.2 Å². The molecule has 9 nitrogen and oxygen atoms in total. The average molecular weight is 713 g/mol. The number of ether oxygens (including phenoxy) is 2. The summed E-state index contributed by atoms with van der Waals surface area (Å²) < 4.78 is 40.4. The van der Waals surface area contributed by atoms with Crippen LogP contribution in [-0.4, -0.2) is 58.0 Å². The van der Waals surface area contributed by atoms with E-state index in [1.165, 1.54) is 43.4 Å². The molecule has 254 valence electrons. The summed E-state index contributed by atoms with van der Waals surface area (Å²) in [7, 11) is -1.46. The van der Waals surface area contributed by atoms with Crippen LogP contribution < -0.4 is 19.1 Å². The summed E-state index contributed by atoms with van der Waals surface area (Å²) >= 11 is 13.2. The number of amides is 2. The quantitative estimate of drug-likeness (QED) is 0.146. The van der Waals surface area contributed by atoms with Gasteiger partial charge in [-0.3, -0.25) is 13.9 Å². The number of anilines is 1. The Balaban J connectivity index is 1.87. The summed E-state index contributed by atoms with van der Waals surface area (Å²) in [6, 6.07) is 25.4. The molecular weight excluding hydrogens is 673 g/mol. The monoisotopic (exact) mass is 711 g/mol. The number of nitrogens with one attached hydrogen (secondary N) is 1. The van der Waals surface area contributed by atoms with E-state index in [1.807, 2.05) is 44.2 Å². The molecule has 0 saturated carbocycles. The molecule has 2 amide bonds. The van der Waals surface area contributed by atoms with Crippen molar-refractivity contribution in [2.24, 2.45) is 0 Å². The second-order valence-corrected chi connectivity index (χ2v) is 13.8. The number of hydrogen-bond acceptors (Lipinski definition) is 6. The first kappa shape index (κ1) is 36.6. The minimum absolute atomic E-state index is 0.0712. The van der Waals surface area contributed by atoms with Gasteiger partial charge in [0.15, 0.2) is 0 Å². The first-order valence-corrected chi connectivity index (χ1v) is 17.6. The fourth-order valence-corrected chi connectivity index (χ4v) is 7.01. The Bertz CT molecular complexity index is 1790. The number of para-hydroxylation sites is 2. The van der Waals surface area contributed by atoms with Crippen LogP contribution in [0.2, 0.25) is 10.0 Å². The van der Waals surface area contributed by atoms with E-state index in [9.17, 15) is 18.0 Å². The van der Waals surface area contributed by atoms with E-state index >= 15 is 0 Å². The van der Waals surface area contributed by atoms with Gasteiger partial charge in [-0.15, -0.1) is 0 Å². The summed E-state index contributed by atoms with van der Waals surface area (Å²) in [6.07, 6.45) is 0.812. The number of carbonyl (C=O) groups excluding carboxylic acids is 2. The third-order valence-corrected chi connectivity index (χ3v) is 10.4. The van der Waals surface area contributed by atoms with Gasteiger partial charge in [0, 0.05) is 34.6 Å². The van der Waals surface area contributed by atoms with Gasteiger partial charge >= 0.3 is 0 Å². The van der Waals surface area contributed by atoms with Gasteiger partial charge in [-0.25, -0.2) is 8.42 Å². The van der Waals surface area contributed by atoms with Crippen molar-refractivity contribution in [1.82, 2.24) is 10.2 Å². The molecule has 0 spiro atoms. The highest BCUT2D eigenvalue weighted by Crippen LogP contribution is 2.34. The van der Waals surface area contributed by atoms with Crippen LogP contribution in [0, 0.1) is 0 Å². The molecule has 48 heavy (non-hydrogen) atoms. The SMILES string of the molecule is CC[C@@H](C)NC(=O)[C@@H](Cc1ccccc1)N(Cc1c(Cl)cccc1Cl)C(=O)CN(c1ccccc1OC)S(=O)(=O)c1ccc(OC)cc1. The van der Waals surface area contributed by atoms with E-state index in [1.54, 1.807) is 42.5 Å². The van der Waals surface area contributed by atoms with Crippen LogP contribution in [0.15, 0.2) is 102 Å². The number of nitrogens with zero attached hydrogens (tertiary/aromatic N) is 2. The van der Waals surface area contributed by atoms with Crippen LogP contribution in [0.1, 0.15) is 31.4 Å². The molecule has 2 atom stereocenters. The van der Waals surface area contributed by atoms with Crippen LogP contribution in [0.4, 0.5) is 5.69 Å². The summed E-state index contributed by atoms with van der Waals surface area (Å²) in [4.78, 5) is 30.0. The zero-order valence-electron chi connectivity index (χ0n) is 27.2. The number of benzene rings is 4. The molecule has 1 N–H and O–H groups in total. The van der Waals surface area contributed by atoms with Crippen molar-refractivity contribution in [1.29, 1.82) is 0 Å². The van der Waals surface area contributed by atoms with Crippen LogP contribution >= 0.6 is 23.2 Å². The van der Waals surface area contributed by atoms with E-state index in [0.29, 0.717) is 27.8 Å². The summed E-state index contributed by atoms with van der Waals surface area (Å²) in [6.45, 7) is 2.99. The lowest BCUT2D eigenvalue weighted by Crippen LogP contribution is -2.54. The molecule has 12 heteroatoms. The van der Waals surface area contributed by atoms with Gasteiger partial charge in [-0.05, 0) is 67.4 Å². The van der Waals surface area contributed by atoms with Crippen molar-refractivity contribution in [3.05, 3.63) is 118 Å². The predicted molar refractivity (Wildman–Crippen MR) is 189 cm³/mol. The molecule has 0 saturated heterocycles. The molecule has 0 unspecified atom stereocenters. The molecular formula is C36H39Cl2N3O6S. The topological polar surface area (TPSA) is 105 Å². The zero-order chi connectivity index (χ0) is 34.8. The number of rotatable bonds is 15. The number of hydrogen-bond donors (Lipinski definition) is 1. The van der Waals surface area contributed by atoms with E-state index in [0.717, 1.165) is 9.87 Å². The lowest BCUT2D eigenvalue weighted by atomic mass is 10.0. The third-order valence-electron chi connectivity index (χ3n) is 7.94. The number of carbonyl (C=O) groups is 2. The van der Waals surface area contributed by atoms with Crippen molar-refractivity contribution in [3.63, 3.8) is 0 Å². The Hall–Kier alpha value is -4.25. The highest BCUT2D eigenvalue weighted by Gasteiger charge is 2.36. The fraction of sp³-hybridized carbons (Fsp3) is 0.278. The predicted octanol–water partition coefficient (Wildman–Crippen LogP) is 6.76. The van der Waals surface area contributed by atoms with E-state index < -0.39 is 34.4 Å². The molecule has 0 bridgehead atoms. The first-order valence-electron chi connectivity index (χ1n) is 15.4. The largest absolute Gasteiger partial charge is 0.497 e. The second kappa shape index (κ2) is 16.7. The lowest BCUT2D eigenvalue weighted by Gasteiger charge is -2.35. The Morgan fingerprint density at radius 1 is 0.833 bits per heavy atom. The molecule has 4 aromatic carbocycles. The zero-order valence-corrected chi connectivity index (χ0v) is 29.6. The smallest absolute Gasteiger partial charge is 0.264 e. The maximum absolute atomic E-state index is 14.7. The molecule has 0 aliphatic carbocycles. The van der Waals surface area contributed by atoms with Crippen molar-refractivity contribution < 1.29 is 27.5 Å². The summed E-state index contributed by atoms with van der Waals surface area (Å²) in [5.74, 6) is -0.355. The van der Waals surface area contributed by atoms with Gasteiger partial charge < -0.3 is 19.7 Å². The molecule has 0 fully saturated rings. The highest BCUT2D eigenvalue weighted by molar-refractivity contribution is 7.92. The minimum atomic E-state index is -4.36. The van der Waals surface area contributed by atoms with Crippen molar-refractivity contribution in [3.8, 4) is 11.5 Å². The van der Waals surface area contributed by atoms with Gasteiger partial charge in [0.2, 0.25) is 11.8 Å². The standard InChI is InChI=1S/C36H39Cl2N3O6S/c1-5-25(2)39-36(43)33(22-26-12-7-6-8-13-26)40(23-29-30(37)14-11-15-31(29)38)35(42)24-41(32-16-9-10-17-34(32)47-4)48(44,45)28-20-18-27(46-3)19-21-28/h6-21,25,33H,5,22-24H2,1-4H3,(H,39,43)/t25-,33-/m1/s1. The van der Waals surface area contributed by atoms with Gasteiger partial charge in [0.1, 0.15) is 24.1 Å². The molecule has 4 rings (SSSR count). The molecule has 0 heterocycles. The van der Waals surface area contributed by atoms with Crippen molar-refractivity contribution >= 4 is 50.7 Å². The minimum Gasteiger partial charge on any atom is -0.497 e. The first-order chi connectivity index (χ1) is 23.0. The Labute approximate surface area is 292 Å². The Kier molecular flexibility index (Phi) is 12.7. The van der Waals surface area contributed by atoms with Crippen LogP contribution in [-0.2, 0) is 32.6 Å². The molecule has 0 aromatic heterocycles. The van der Waals surface area contributed by atoms with Gasteiger partial charge in [0.25, 0.3) is 10.0 Å². The Morgan fingerprint density at radius 3 is 2.06 bits per heavy atom. The van der Waals surface area contributed by atoms with Gasteiger partial charge in [-0.1, -0.05) is 78.7 Å². The molecule has 4 aromatic rings. The van der Waals surface area contributed by atoms with Crippen LogP contribution in [0.3, 0.4) is 0 Å². The van der Waals surface area contributed by atoms with Crippen LogP contribution in [0.25, 0.3) is 0 Å². The van der Waals surface area contributed by atoms with E-state index in [-0.39, 0.29) is 35.3 Å². The number of sulfonamides is 1. The summed E-state index contributed by atoms with van der Waals surface area (Å²) in [5.41, 5.74) is 1.37. The van der Waals surface area contributed by atoms with Crippen LogP contribution in [0.5, 0.6) is 11.5 Å². The maximum Gasteiger partial charge on any atom is 0.264 e. The number of halogens is 2. The number of methoxy groups -OCH3 is 2. The van der Waals surface area contributed by atoms with E-state index in [4.69, 9.17) is 32.7 Å². The lowest BCUT2D eigenvalue weighted by molar-refractivity contribution is -0.140. The van der Waals surface area contributed by atoms with Gasteiger partial charge in [0.05, 0.1) is 24.8 Å². The van der Waals surface area contributed by atoms with Gasteiger partial charge in [-0.2, -0.15) is 0 Å². The third kappa shape index (κ3) is 8.80. The molecule has 0 radical (unpaired) electrons. The van der Waals surface area contributed by atoms with Crippen molar-refractivity contribution in [2.75, 3.05) is 25.1 Å². The van der Waals surface area contributed by atoms with E-state index in [2.05, 4.69) is 5.32 Å². The maximum atomic E-state index is 14.7. The average Bonchev–Trinajstić information content (AvgIpc) is 3.09. The fourth-order valence-electron chi connectivity index (χ4n) is 5.07. The normalized spacial score (nSPS) is 12.5. The summed E-state index contributed by atoms with van der Waals surface area (Å²) in [5, 5.41) is 3.61. The highest BCUT2D eigenvalue weighted by atomic mass is 35.5.